The third-order valence-electron chi connectivity index (χ3n) is 3.90. The third kappa shape index (κ3) is 3.27. The Kier molecular flexibility index (Phi) is 4.43. The molecule has 1 saturated carbocycles. The monoisotopic (exact) mass is 335 g/mol. The molecule has 1 aliphatic rings. The van der Waals surface area contributed by atoms with E-state index < -0.39 is 0 Å². The Balaban J connectivity index is 1.98. The average molecular weight is 336 g/mol. The molecule has 6 nitrogen and oxygen atoms in total. The van der Waals surface area contributed by atoms with E-state index in [-0.39, 0.29) is 10.6 Å². The zero-order valence-corrected chi connectivity index (χ0v) is 13.8. The number of anilines is 1. The van der Waals surface area contributed by atoms with Gasteiger partial charge in [-0.3, -0.25) is 4.79 Å². The molecule has 1 N–H and O–H groups in total. The number of hydrogen-bond donors (Lipinski definition) is 1. The SMILES string of the molecule is COc1ccc(OC)c(CN(c2cn[nH]c(=O)c2Cl)C2CC2)c1. The molecular formula is C16H18ClN3O3. The highest BCUT2D eigenvalue weighted by Gasteiger charge is 2.31. The first-order valence-electron chi connectivity index (χ1n) is 7.34. The number of nitrogens with zero attached hydrogens (tertiary/aromatic N) is 2. The first-order valence-corrected chi connectivity index (χ1v) is 7.72. The van der Waals surface area contributed by atoms with Crippen LogP contribution in [0.25, 0.3) is 0 Å². The van der Waals surface area contributed by atoms with Gasteiger partial charge in [0, 0.05) is 18.2 Å². The summed E-state index contributed by atoms with van der Waals surface area (Å²) in [5.74, 6) is 1.53. The molecule has 23 heavy (non-hydrogen) atoms. The van der Waals surface area contributed by atoms with Crippen LogP contribution in [0.15, 0.2) is 29.2 Å². The van der Waals surface area contributed by atoms with Crippen molar-refractivity contribution in [2.24, 2.45) is 0 Å². The van der Waals surface area contributed by atoms with Crippen LogP contribution in [0, 0.1) is 0 Å². The van der Waals surface area contributed by atoms with Gasteiger partial charge in [0.15, 0.2) is 0 Å². The molecule has 0 bridgehead atoms. The van der Waals surface area contributed by atoms with Crippen LogP contribution in [0.4, 0.5) is 5.69 Å². The minimum atomic E-state index is -0.382. The molecule has 0 radical (unpaired) electrons. The van der Waals surface area contributed by atoms with Crippen LogP contribution in [0.1, 0.15) is 18.4 Å². The predicted molar refractivity (Wildman–Crippen MR) is 88.6 cm³/mol. The second-order valence-electron chi connectivity index (χ2n) is 5.44. The van der Waals surface area contributed by atoms with Gasteiger partial charge in [-0.15, -0.1) is 0 Å². The van der Waals surface area contributed by atoms with Gasteiger partial charge in [-0.05, 0) is 31.0 Å². The van der Waals surface area contributed by atoms with Crippen molar-refractivity contribution in [2.45, 2.75) is 25.4 Å². The lowest BCUT2D eigenvalue weighted by Gasteiger charge is -2.26. The molecule has 122 valence electrons. The van der Waals surface area contributed by atoms with E-state index in [2.05, 4.69) is 15.1 Å². The summed E-state index contributed by atoms with van der Waals surface area (Å²) in [6.07, 6.45) is 3.72. The predicted octanol–water partition coefficient (Wildman–Crippen LogP) is 2.61. The number of benzene rings is 1. The van der Waals surface area contributed by atoms with Crippen molar-refractivity contribution in [2.75, 3.05) is 19.1 Å². The first-order chi connectivity index (χ1) is 11.1. The van der Waals surface area contributed by atoms with Crippen LogP contribution in [0.2, 0.25) is 5.02 Å². The van der Waals surface area contributed by atoms with Crippen LogP contribution < -0.4 is 19.9 Å². The molecule has 3 rings (SSSR count). The molecule has 2 aromatic rings. The Morgan fingerprint density at radius 2 is 2.13 bits per heavy atom. The molecule has 0 aliphatic heterocycles. The van der Waals surface area contributed by atoms with Gasteiger partial charge < -0.3 is 14.4 Å². The fourth-order valence-electron chi connectivity index (χ4n) is 2.56. The minimum Gasteiger partial charge on any atom is -0.497 e. The van der Waals surface area contributed by atoms with E-state index in [1.165, 1.54) is 0 Å². The number of halogens is 1. The lowest BCUT2D eigenvalue weighted by molar-refractivity contribution is 0.398. The van der Waals surface area contributed by atoms with Gasteiger partial charge in [-0.2, -0.15) is 5.10 Å². The van der Waals surface area contributed by atoms with Crippen LogP contribution >= 0.6 is 11.6 Å². The van der Waals surface area contributed by atoms with Gasteiger partial charge >= 0.3 is 0 Å². The molecule has 0 amide bonds. The maximum Gasteiger partial charge on any atom is 0.285 e. The molecule has 0 atom stereocenters. The second kappa shape index (κ2) is 6.50. The largest absolute Gasteiger partial charge is 0.497 e. The molecule has 1 aromatic carbocycles. The lowest BCUT2D eigenvalue weighted by Crippen LogP contribution is -2.27. The molecule has 0 spiro atoms. The fourth-order valence-corrected chi connectivity index (χ4v) is 2.76. The molecule has 7 heteroatoms. The number of methoxy groups -OCH3 is 2. The molecule has 1 heterocycles. The zero-order valence-electron chi connectivity index (χ0n) is 13.0. The van der Waals surface area contributed by atoms with E-state index in [9.17, 15) is 4.79 Å². The van der Waals surface area contributed by atoms with Crippen molar-refractivity contribution in [3.63, 3.8) is 0 Å². The summed E-state index contributed by atoms with van der Waals surface area (Å²) in [4.78, 5) is 13.8. The normalized spacial score (nSPS) is 13.7. The standard InChI is InChI=1S/C16H18ClN3O3/c1-22-12-5-6-14(23-2)10(7-12)9-20(11-3-4-11)13-8-18-19-16(21)15(13)17/h5-8,11H,3-4,9H2,1-2H3,(H,19,21). The molecular weight excluding hydrogens is 318 g/mol. The Bertz CT molecular complexity index is 758. The minimum absolute atomic E-state index is 0.161. The Morgan fingerprint density at radius 1 is 1.35 bits per heavy atom. The van der Waals surface area contributed by atoms with Crippen LogP contribution in [0.5, 0.6) is 11.5 Å². The number of rotatable bonds is 6. The van der Waals surface area contributed by atoms with Gasteiger partial charge in [0.25, 0.3) is 5.56 Å². The maximum atomic E-state index is 11.7. The van der Waals surface area contributed by atoms with Gasteiger partial charge in [-0.25, -0.2) is 5.10 Å². The molecule has 0 unspecified atom stereocenters. The summed E-state index contributed by atoms with van der Waals surface area (Å²) in [5.41, 5.74) is 1.23. The third-order valence-corrected chi connectivity index (χ3v) is 4.27. The summed E-state index contributed by atoms with van der Waals surface area (Å²) in [6.45, 7) is 0.565. The van der Waals surface area contributed by atoms with Crippen molar-refractivity contribution in [3.8, 4) is 11.5 Å². The maximum absolute atomic E-state index is 11.7. The summed E-state index contributed by atoms with van der Waals surface area (Å²) in [6, 6.07) is 6.01. The van der Waals surface area contributed by atoms with E-state index in [1.54, 1.807) is 20.4 Å². The quantitative estimate of drug-likeness (QED) is 0.879. The summed E-state index contributed by atoms with van der Waals surface area (Å²) < 4.78 is 10.7. The van der Waals surface area contributed by atoms with Crippen molar-refractivity contribution in [3.05, 3.63) is 45.3 Å². The molecule has 1 fully saturated rings. The van der Waals surface area contributed by atoms with E-state index >= 15 is 0 Å². The number of H-pyrrole nitrogens is 1. The highest BCUT2D eigenvalue weighted by Crippen LogP contribution is 2.37. The van der Waals surface area contributed by atoms with Crippen molar-refractivity contribution >= 4 is 17.3 Å². The second-order valence-corrected chi connectivity index (χ2v) is 5.81. The van der Waals surface area contributed by atoms with Gasteiger partial charge in [0.2, 0.25) is 0 Å². The molecule has 1 aromatic heterocycles. The highest BCUT2D eigenvalue weighted by atomic mass is 35.5. The van der Waals surface area contributed by atoms with E-state index in [0.717, 1.165) is 29.9 Å². The summed E-state index contributed by atoms with van der Waals surface area (Å²) in [5, 5.41) is 6.39. The fraction of sp³-hybridized carbons (Fsp3) is 0.375. The smallest absolute Gasteiger partial charge is 0.285 e. The van der Waals surface area contributed by atoms with Crippen molar-refractivity contribution in [1.29, 1.82) is 0 Å². The van der Waals surface area contributed by atoms with Gasteiger partial charge in [0.1, 0.15) is 16.5 Å². The number of aromatic nitrogens is 2. The lowest BCUT2D eigenvalue weighted by atomic mass is 10.1. The Morgan fingerprint density at radius 3 is 2.78 bits per heavy atom. The number of ether oxygens (including phenoxy) is 2. The zero-order chi connectivity index (χ0) is 16.4. The van der Waals surface area contributed by atoms with Crippen molar-refractivity contribution in [1.82, 2.24) is 10.2 Å². The van der Waals surface area contributed by atoms with E-state index in [4.69, 9.17) is 21.1 Å². The van der Waals surface area contributed by atoms with E-state index in [0.29, 0.717) is 18.3 Å². The number of hydrogen-bond acceptors (Lipinski definition) is 5. The topological polar surface area (TPSA) is 67.5 Å². The summed E-state index contributed by atoms with van der Waals surface area (Å²) in [7, 11) is 3.26. The van der Waals surface area contributed by atoms with Crippen LogP contribution in [-0.2, 0) is 6.54 Å². The van der Waals surface area contributed by atoms with Crippen molar-refractivity contribution < 1.29 is 9.47 Å². The summed E-state index contributed by atoms with van der Waals surface area (Å²) >= 11 is 6.18. The average Bonchev–Trinajstić information content (AvgIpc) is 3.40. The molecule has 1 aliphatic carbocycles. The van der Waals surface area contributed by atoms with Crippen LogP contribution in [-0.4, -0.2) is 30.5 Å². The van der Waals surface area contributed by atoms with E-state index in [1.807, 2.05) is 18.2 Å². The van der Waals surface area contributed by atoms with Gasteiger partial charge in [0.05, 0.1) is 26.1 Å². The van der Waals surface area contributed by atoms with Crippen LogP contribution in [0.3, 0.4) is 0 Å². The highest BCUT2D eigenvalue weighted by molar-refractivity contribution is 6.33. The Labute approximate surface area is 139 Å². The van der Waals surface area contributed by atoms with Gasteiger partial charge in [-0.1, -0.05) is 11.6 Å². The Hall–Kier alpha value is -2.21. The molecule has 0 saturated heterocycles. The number of nitrogens with one attached hydrogen (secondary N) is 1. The first kappa shape index (κ1) is 15.7. The number of aromatic amines is 1.